The summed E-state index contributed by atoms with van der Waals surface area (Å²) in [6.45, 7) is 0.701. The van der Waals surface area contributed by atoms with Crippen LogP contribution in [0.3, 0.4) is 0 Å². The Balaban J connectivity index is 3.25. The maximum atomic E-state index is 8.98. The van der Waals surface area contributed by atoms with Crippen molar-refractivity contribution in [3.8, 4) is 0 Å². The van der Waals surface area contributed by atoms with E-state index in [9.17, 15) is 0 Å². The number of rotatable bonds is 9. The molecule has 0 saturated heterocycles. The fraction of sp³-hybridized carbons (Fsp3) is 1.00. The summed E-state index contributed by atoms with van der Waals surface area (Å²) in [5.41, 5.74) is 0. The molecule has 0 radical (unpaired) electrons. The SMILES string of the molecule is OCCCCCC(CO)CCCO. The molecule has 0 aromatic rings. The number of hydrogen-bond donors (Lipinski definition) is 3. The summed E-state index contributed by atoms with van der Waals surface area (Å²) in [6, 6.07) is 0. The van der Waals surface area contributed by atoms with Crippen LogP contribution in [0.1, 0.15) is 38.5 Å². The second kappa shape index (κ2) is 9.96. The molecule has 0 rings (SSSR count). The molecule has 0 fully saturated rings. The van der Waals surface area contributed by atoms with Crippen molar-refractivity contribution in [2.45, 2.75) is 38.5 Å². The molecule has 1 atom stereocenters. The van der Waals surface area contributed by atoms with Crippen LogP contribution >= 0.6 is 0 Å². The molecule has 0 heterocycles. The summed E-state index contributed by atoms with van der Waals surface area (Å²) in [6.07, 6.45) is 5.66. The Morgan fingerprint density at radius 2 is 1.31 bits per heavy atom. The fourth-order valence-corrected chi connectivity index (χ4v) is 1.43. The molecule has 0 aliphatic rings. The van der Waals surface area contributed by atoms with Crippen LogP contribution in [-0.4, -0.2) is 35.1 Å². The van der Waals surface area contributed by atoms with E-state index in [1.807, 2.05) is 0 Å². The molecule has 3 nitrogen and oxygen atoms in total. The zero-order valence-electron chi connectivity index (χ0n) is 8.28. The number of unbranched alkanes of at least 4 members (excludes halogenated alkanes) is 2. The molecule has 0 amide bonds. The summed E-state index contributed by atoms with van der Waals surface area (Å²) in [5.74, 6) is 0.339. The Hall–Kier alpha value is -0.120. The zero-order chi connectivity index (χ0) is 9.94. The Bertz CT molecular complexity index is 96.2. The lowest BCUT2D eigenvalue weighted by Gasteiger charge is -2.12. The first-order valence-electron chi connectivity index (χ1n) is 5.17. The molecular weight excluding hydrogens is 168 g/mol. The van der Waals surface area contributed by atoms with Gasteiger partial charge in [0.1, 0.15) is 0 Å². The molecule has 3 heteroatoms. The molecule has 0 spiro atoms. The third-order valence-corrected chi connectivity index (χ3v) is 2.30. The quantitative estimate of drug-likeness (QED) is 0.474. The van der Waals surface area contributed by atoms with Crippen molar-refractivity contribution in [3.63, 3.8) is 0 Å². The summed E-state index contributed by atoms with van der Waals surface area (Å²) in [4.78, 5) is 0. The largest absolute Gasteiger partial charge is 0.396 e. The predicted octanol–water partition coefficient (Wildman–Crippen LogP) is 0.920. The highest BCUT2D eigenvalue weighted by atomic mass is 16.3. The normalized spacial score (nSPS) is 13.2. The molecule has 0 bridgehead atoms. The lowest BCUT2D eigenvalue weighted by atomic mass is 9.97. The van der Waals surface area contributed by atoms with E-state index in [0.29, 0.717) is 5.92 Å². The average Bonchev–Trinajstić information content (AvgIpc) is 2.17. The van der Waals surface area contributed by atoms with Gasteiger partial charge >= 0.3 is 0 Å². The van der Waals surface area contributed by atoms with Gasteiger partial charge in [0.05, 0.1) is 0 Å². The molecule has 0 aromatic heterocycles. The number of aliphatic hydroxyl groups is 3. The zero-order valence-corrected chi connectivity index (χ0v) is 8.28. The van der Waals surface area contributed by atoms with Crippen LogP contribution in [0.25, 0.3) is 0 Å². The van der Waals surface area contributed by atoms with Crippen molar-refractivity contribution in [2.75, 3.05) is 19.8 Å². The van der Waals surface area contributed by atoms with Crippen LogP contribution in [0.4, 0.5) is 0 Å². The van der Waals surface area contributed by atoms with Crippen molar-refractivity contribution < 1.29 is 15.3 Å². The third-order valence-electron chi connectivity index (χ3n) is 2.30. The first kappa shape index (κ1) is 12.9. The van der Waals surface area contributed by atoms with E-state index in [1.54, 1.807) is 0 Å². The van der Waals surface area contributed by atoms with Crippen molar-refractivity contribution in [3.05, 3.63) is 0 Å². The van der Waals surface area contributed by atoms with Gasteiger partial charge in [-0.2, -0.15) is 0 Å². The number of hydrogen-bond acceptors (Lipinski definition) is 3. The lowest BCUT2D eigenvalue weighted by molar-refractivity contribution is 0.190. The Labute approximate surface area is 80.4 Å². The monoisotopic (exact) mass is 190 g/mol. The van der Waals surface area contributed by atoms with Crippen LogP contribution in [0.2, 0.25) is 0 Å². The van der Waals surface area contributed by atoms with Crippen LogP contribution in [0.5, 0.6) is 0 Å². The van der Waals surface area contributed by atoms with E-state index in [2.05, 4.69) is 0 Å². The van der Waals surface area contributed by atoms with Crippen LogP contribution < -0.4 is 0 Å². The molecule has 1 unspecified atom stereocenters. The summed E-state index contributed by atoms with van der Waals surface area (Å²) >= 11 is 0. The van der Waals surface area contributed by atoms with E-state index in [-0.39, 0.29) is 19.8 Å². The second-order valence-electron chi connectivity index (χ2n) is 3.49. The van der Waals surface area contributed by atoms with Crippen molar-refractivity contribution in [2.24, 2.45) is 5.92 Å². The van der Waals surface area contributed by atoms with E-state index < -0.39 is 0 Å². The first-order valence-corrected chi connectivity index (χ1v) is 5.17. The summed E-state index contributed by atoms with van der Waals surface area (Å²) in [5, 5.41) is 26.1. The Morgan fingerprint density at radius 1 is 0.692 bits per heavy atom. The van der Waals surface area contributed by atoms with E-state index in [0.717, 1.165) is 38.5 Å². The standard InChI is InChI=1S/C10H22O3/c11-7-3-1-2-5-10(9-13)6-4-8-12/h10-13H,1-9H2. The van der Waals surface area contributed by atoms with E-state index in [1.165, 1.54) is 0 Å². The highest BCUT2D eigenvalue weighted by molar-refractivity contribution is 4.58. The van der Waals surface area contributed by atoms with Gasteiger partial charge in [-0.25, -0.2) is 0 Å². The minimum atomic E-state index is 0.215. The van der Waals surface area contributed by atoms with Crippen molar-refractivity contribution in [1.82, 2.24) is 0 Å². The van der Waals surface area contributed by atoms with Gasteiger partial charge in [0.25, 0.3) is 0 Å². The van der Waals surface area contributed by atoms with E-state index >= 15 is 0 Å². The third kappa shape index (κ3) is 8.22. The highest BCUT2D eigenvalue weighted by Gasteiger charge is 2.05. The lowest BCUT2D eigenvalue weighted by Crippen LogP contribution is -2.07. The van der Waals surface area contributed by atoms with Gasteiger partial charge in [-0.05, 0) is 31.6 Å². The smallest absolute Gasteiger partial charge is 0.0459 e. The van der Waals surface area contributed by atoms with Gasteiger partial charge in [-0.15, -0.1) is 0 Å². The summed E-state index contributed by atoms with van der Waals surface area (Å²) < 4.78 is 0. The molecule has 0 aliphatic carbocycles. The average molecular weight is 190 g/mol. The molecular formula is C10H22O3. The molecule has 3 N–H and O–H groups in total. The van der Waals surface area contributed by atoms with Gasteiger partial charge in [0.2, 0.25) is 0 Å². The highest BCUT2D eigenvalue weighted by Crippen LogP contribution is 2.14. The van der Waals surface area contributed by atoms with Crippen molar-refractivity contribution in [1.29, 1.82) is 0 Å². The molecule has 0 saturated carbocycles. The van der Waals surface area contributed by atoms with Gasteiger partial charge in [-0.3, -0.25) is 0 Å². The van der Waals surface area contributed by atoms with Gasteiger partial charge in [-0.1, -0.05) is 12.8 Å². The Kier molecular flexibility index (Phi) is 9.87. The van der Waals surface area contributed by atoms with Gasteiger partial charge < -0.3 is 15.3 Å². The first-order chi connectivity index (χ1) is 6.35. The topological polar surface area (TPSA) is 60.7 Å². The van der Waals surface area contributed by atoms with Crippen molar-refractivity contribution >= 4 is 0 Å². The van der Waals surface area contributed by atoms with Gasteiger partial charge in [0.15, 0.2) is 0 Å². The minimum Gasteiger partial charge on any atom is -0.396 e. The molecule has 80 valence electrons. The Morgan fingerprint density at radius 3 is 1.85 bits per heavy atom. The maximum Gasteiger partial charge on any atom is 0.0459 e. The van der Waals surface area contributed by atoms with Crippen LogP contribution in [0, 0.1) is 5.92 Å². The fourth-order valence-electron chi connectivity index (χ4n) is 1.43. The molecule has 0 aromatic carbocycles. The van der Waals surface area contributed by atoms with E-state index in [4.69, 9.17) is 15.3 Å². The van der Waals surface area contributed by atoms with Crippen LogP contribution in [-0.2, 0) is 0 Å². The second-order valence-corrected chi connectivity index (χ2v) is 3.49. The molecule has 0 aliphatic heterocycles. The minimum absolute atomic E-state index is 0.215. The summed E-state index contributed by atoms with van der Waals surface area (Å²) in [7, 11) is 0. The van der Waals surface area contributed by atoms with Gasteiger partial charge in [0, 0.05) is 19.8 Å². The maximum absolute atomic E-state index is 8.98. The predicted molar refractivity (Wildman–Crippen MR) is 52.4 cm³/mol. The molecule has 13 heavy (non-hydrogen) atoms. The number of aliphatic hydroxyl groups excluding tert-OH is 3. The van der Waals surface area contributed by atoms with Crippen LogP contribution in [0.15, 0.2) is 0 Å².